The maximum Gasteiger partial charge on any atom is 0.401 e. The van der Waals surface area contributed by atoms with Crippen molar-refractivity contribution < 1.29 is 23.1 Å². The van der Waals surface area contributed by atoms with Crippen LogP contribution in [-0.4, -0.2) is 53.2 Å². The van der Waals surface area contributed by atoms with Gasteiger partial charge in [0.25, 0.3) is 0 Å². The second-order valence-electron chi connectivity index (χ2n) is 7.47. The molecule has 1 heterocycles. The van der Waals surface area contributed by atoms with E-state index in [4.69, 9.17) is 16.7 Å². The number of hydrogen-bond donors (Lipinski definition) is 1. The number of halogens is 4. The van der Waals surface area contributed by atoms with Crippen molar-refractivity contribution in [3.8, 4) is 0 Å². The van der Waals surface area contributed by atoms with Gasteiger partial charge in [-0.05, 0) is 29.7 Å². The summed E-state index contributed by atoms with van der Waals surface area (Å²) in [4.78, 5) is 14.2. The highest BCUT2D eigenvalue weighted by atomic mass is 35.5. The normalized spacial score (nSPS) is 16.6. The van der Waals surface area contributed by atoms with Crippen molar-refractivity contribution in [3.63, 3.8) is 0 Å². The summed E-state index contributed by atoms with van der Waals surface area (Å²) in [6.45, 7) is 6.06. The first kappa shape index (κ1) is 24.2. The van der Waals surface area contributed by atoms with Crippen molar-refractivity contribution in [2.75, 3.05) is 26.2 Å². The van der Waals surface area contributed by atoms with Crippen molar-refractivity contribution in [1.29, 1.82) is 0 Å². The minimum Gasteiger partial charge on any atom is -0.481 e. The number of allylic oxidation sites excluding steroid dienone is 4. The van der Waals surface area contributed by atoms with Gasteiger partial charge >= 0.3 is 12.1 Å². The van der Waals surface area contributed by atoms with E-state index in [1.807, 2.05) is 23.1 Å². The predicted molar refractivity (Wildman–Crippen MR) is 112 cm³/mol. The molecule has 2 rings (SSSR count). The highest BCUT2D eigenvalue weighted by molar-refractivity contribution is 6.32. The monoisotopic (exact) mass is 442 g/mol. The van der Waals surface area contributed by atoms with E-state index in [2.05, 4.69) is 6.58 Å². The van der Waals surface area contributed by atoms with Crippen LogP contribution in [0, 0.1) is 5.92 Å². The van der Waals surface area contributed by atoms with Gasteiger partial charge in [0.2, 0.25) is 0 Å². The van der Waals surface area contributed by atoms with E-state index in [1.165, 1.54) is 11.0 Å². The lowest BCUT2D eigenvalue weighted by atomic mass is 9.99. The van der Waals surface area contributed by atoms with Crippen LogP contribution in [0.4, 0.5) is 13.2 Å². The Morgan fingerprint density at radius 2 is 2.03 bits per heavy atom. The summed E-state index contributed by atoms with van der Waals surface area (Å²) in [5.41, 5.74) is 2.40. The molecular weight excluding hydrogens is 417 g/mol. The molecule has 1 aromatic carbocycles. The van der Waals surface area contributed by atoms with E-state index in [1.54, 1.807) is 25.1 Å². The molecule has 0 atom stereocenters. The Labute approximate surface area is 179 Å². The zero-order valence-electron chi connectivity index (χ0n) is 16.8. The number of alkyl halides is 3. The molecular formula is C22H26ClF3N2O2. The van der Waals surface area contributed by atoms with Crippen molar-refractivity contribution in [2.45, 2.75) is 26.2 Å². The lowest BCUT2D eigenvalue weighted by molar-refractivity contribution is -0.148. The molecule has 1 aliphatic rings. The van der Waals surface area contributed by atoms with Crippen LogP contribution in [0.5, 0.6) is 0 Å². The number of hydrogen-bond acceptors (Lipinski definition) is 3. The molecule has 0 saturated carbocycles. The molecule has 30 heavy (non-hydrogen) atoms. The van der Waals surface area contributed by atoms with E-state index < -0.39 is 18.7 Å². The summed E-state index contributed by atoms with van der Waals surface area (Å²) in [5.74, 6) is -1.14. The first-order valence-electron chi connectivity index (χ1n) is 9.55. The number of carboxylic acid groups (broad SMARTS) is 1. The molecule has 0 radical (unpaired) electrons. The Kier molecular flexibility index (Phi) is 8.70. The largest absolute Gasteiger partial charge is 0.481 e. The molecule has 1 aliphatic heterocycles. The van der Waals surface area contributed by atoms with Crippen molar-refractivity contribution >= 4 is 17.6 Å². The summed E-state index contributed by atoms with van der Waals surface area (Å²) in [5, 5.41) is 9.40. The molecule has 1 aromatic rings. The van der Waals surface area contributed by atoms with Crippen LogP contribution in [0.3, 0.4) is 0 Å². The van der Waals surface area contributed by atoms with Crippen LogP contribution in [-0.2, 0) is 17.9 Å². The molecule has 1 N–H and O–H groups in total. The number of rotatable bonds is 10. The van der Waals surface area contributed by atoms with Crippen molar-refractivity contribution in [3.05, 3.63) is 70.8 Å². The average Bonchev–Trinajstić information content (AvgIpc) is 2.61. The Morgan fingerprint density at radius 3 is 2.63 bits per heavy atom. The summed E-state index contributed by atoms with van der Waals surface area (Å²) in [6, 6.07) is 7.38. The summed E-state index contributed by atoms with van der Waals surface area (Å²) < 4.78 is 39.2. The van der Waals surface area contributed by atoms with Crippen LogP contribution in [0.1, 0.15) is 18.1 Å². The van der Waals surface area contributed by atoms with Gasteiger partial charge < -0.3 is 5.11 Å². The van der Waals surface area contributed by atoms with Crippen LogP contribution in [0.2, 0.25) is 0 Å². The molecule has 0 amide bonds. The molecule has 0 aliphatic carbocycles. The van der Waals surface area contributed by atoms with Crippen molar-refractivity contribution in [1.82, 2.24) is 9.80 Å². The number of nitrogens with zero attached hydrogens (tertiary/aromatic N) is 2. The second kappa shape index (κ2) is 10.8. The highest BCUT2D eigenvalue weighted by Gasteiger charge is 2.32. The van der Waals surface area contributed by atoms with E-state index in [9.17, 15) is 18.0 Å². The third-order valence-electron chi connectivity index (χ3n) is 4.81. The molecule has 0 unspecified atom stereocenters. The number of aliphatic carboxylic acids is 1. The standard InChI is InChI=1S/C22H26ClF3N2O2/c1-3-5-20(23)16(2)8-9-27(15-22(24,25)26)11-17-6-4-7-18(10-17)12-28-13-19(14-28)21(29)30/h3-8,10,19H,1,9,11-15H2,2H3,(H,29,30)/b16-8-,20-5+. The third kappa shape index (κ3) is 7.97. The minimum absolute atomic E-state index is 0.100. The maximum atomic E-state index is 13.1. The van der Waals surface area contributed by atoms with Gasteiger partial charge in [-0.15, -0.1) is 0 Å². The number of carboxylic acids is 1. The Morgan fingerprint density at radius 1 is 1.37 bits per heavy atom. The van der Waals surface area contributed by atoms with Gasteiger partial charge in [-0.1, -0.05) is 54.6 Å². The first-order valence-corrected chi connectivity index (χ1v) is 9.92. The van der Waals surface area contributed by atoms with Gasteiger partial charge in [0.05, 0.1) is 12.5 Å². The van der Waals surface area contributed by atoms with E-state index in [-0.39, 0.29) is 19.0 Å². The van der Waals surface area contributed by atoms with Crippen LogP contribution >= 0.6 is 11.6 Å². The van der Waals surface area contributed by atoms with Gasteiger partial charge in [-0.2, -0.15) is 13.2 Å². The lowest BCUT2D eigenvalue weighted by Gasteiger charge is -2.36. The molecule has 8 heteroatoms. The second-order valence-corrected chi connectivity index (χ2v) is 7.88. The topological polar surface area (TPSA) is 43.8 Å². The molecule has 1 fully saturated rings. The summed E-state index contributed by atoms with van der Waals surface area (Å²) in [6.07, 6.45) is 0.471. The third-order valence-corrected chi connectivity index (χ3v) is 5.23. The predicted octanol–water partition coefficient (Wildman–Crippen LogP) is 4.82. The average molecular weight is 443 g/mol. The Bertz CT molecular complexity index is 815. The van der Waals surface area contributed by atoms with Crippen LogP contribution in [0.25, 0.3) is 0 Å². The number of benzene rings is 1. The van der Waals surface area contributed by atoms with Gasteiger partial charge in [0.15, 0.2) is 0 Å². The fourth-order valence-electron chi connectivity index (χ4n) is 3.23. The van der Waals surface area contributed by atoms with Gasteiger partial charge in [-0.25, -0.2) is 0 Å². The Balaban J connectivity index is 2.04. The van der Waals surface area contributed by atoms with Gasteiger partial charge in [0, 0.05) is 37.8 Å². The smallest absolute Gasteiger partial charge is 0.401 e. The number of carbonyl (C=O) groups is 1. The SMILES string of the molecule is C=C/C=C(Cl)\C(C)=C/CN(Cc1cccc(CN2CC(C(=O)O)C2)c1)CC(F)(F)F. The van der Waals surface area contributed by atoms with Crippen LogP contribution < -0.4 is 0 Å². The first-order chi connectivity index (χ1) is 14.1. The zero-order valence-corrected chi connectivity index (χ0v) is 17.6. The highest BCUT2D eigenvalue weighted by Crippen LogP contribution is 2.22. The van der Waals surface area contributed by atoms with E-state index >= 15 is 0 Å². The van der Waals surface area contributed by atoms with E-state index in [0.717, 1.165) is 11.1 Å². The van der Waals surface area contributed by atoms with E-state index in [0.29, 0.717) is 30.2 Å². The lowest BCUT2D eigenvalue weighted by Crippen LogP contribution is -2.49. The molecule has 1 saturated heterocycles. The minimum atomic E-state index is -4.32. The van der Waals surface area contributed by atoms with Crippen LogP contribution in [0.15, 0.2) is 59.7 Å². The summed E-state index contributed by atoms with van der Waals surface area (Å²) in [7, 11) is 0. The molecule has 164 valence electrons. The van der Waals surface area contributed by atoms with Gasteiger partial charge in [-0.3, -0.25) is 14.6 Å². The zero-order chi connectivity index (χ0) is 22.3. The number of likely N-dealkylation sites (tertiary alicyclic amines) is 1. The molecule has 0 spiro atoms. The van der Waals surface area contributed by atoms with Crippen molar-refractivity contribution in [2.24, 2.45) is 5.92 Å². The molecule has 4 nitrogen and oxygen atoms in total. The maximum absolute atomic E-state index is 13.1. The van der Waals surface area contributed by atoms with Gasteiger partial charge in [0.1, 0.15) is 0 Å². The fraction of sp³-hybridized carbons (Fsp3) is 0.409. The summed E-state index contributed by atoms with van der Waals surface area (Å²) >= 11 is 6.07. The fourth-order valence-corrected chi connectivity index (χ4v) is 3.40. The molecule has 0 bridgehead atoms. The Hall–Kier alpha value is -2.09. The molecule has 0 aromatic heterocycles. The quantitative estimate of drug-likeness (QED) is 0.527.